The number of carbonyl (C=O) groups excluding carboxylic acids is 3. The minimum Gasteiger partial charge on any atom is -0.452 e. The van der Waals surface area contributed by atoms with Gasteiger partial charge in [0.1, 0.15) is 0 Å². The molecule has 0 atom stereocenters. The lowest BCUT2D eigenvalue weighted by atomic mass is 10.2. The highest BCUT2D eigenvalue weighted by Crippen LogP contribution is 2.23. The van der Waals surface area contributed by atoms with Crippen molar-refractivity contribution < 1.29 is 27.5 Å². The van der Waals surface area contributed by atoms with Crippen LogP contribution in [0.15, 0.2) is 40.6 Å². The zero-order valence-corrected chi connectivity index (χ0v) is 18.1. The van der Waals surface area contributed by atoms with E-state index in [0.29, 0.717) is 4.88 Å². The number of benzene rings is 1. The second-order valence-corrected chi connectivity index (χ2v) is 8.95. The summed E-state index contributed by atoms with van der Waals surface area (Å²) in [6.07, 6.45) is 0. The summed E-state index contributed by atoms with van der Waals surface area (Å²) in [5.74, 6) is -2.41. The maximum Gasteiger partial charge on any atom is 0.340 e. The van der Waals surface area contributed by atoms with Crippen LogP contribution in [-0.4, -0.2) is 50.2 Å². The lowest BCUT2D eigenvalue weighted by molar-refractivity contribution is -0.123. The normalized spacial score (nSPS) is 11.3. The maximum absolute atomic E-state index is 12.6. The van der Waals surface area contributed by atoms with E-state index in [1.54, 1.807) is 31.4 Å². The number of amides is 2. The summed E-state index contributed by atoms with van der Waals surface area (Å²) < 4.78 is 31.3. The Labute approximate surface area is 177 Å². The highest BCUT2D eigenvalue weighted by molar-refractivity contribution is 7.89. The van der Waals surface area contributed by atoms with E-state index in [1.165, 1.54) is 16.4 Å². The van der Waals surface area contributed by atoms with Gasteiger partial charge < -0.3 is 4.74 Å². The number of esters is 1. The van der Waals surface area contributed by atoms with Crippen molar-refractivity contribution in [3.8, 4) is 0 Å². The van der Waals surface area contributed by atoms with Crippen molar-refractivity contribution in [3.05, 3.63) is 51.2 Å². The average molecular weight is 459 g/mol. The Morgan fingerprint density at radius 2 is 1.86 bits per heavy atom. The summed E-state index contributed by atoms with van der Waals surface area (Å²) in [5.41, 5.74) is -0.197. The molecule has 0 radical (unpaired) electrons. The third-order valence-corrected chi connectivity index (χ3v) is 7.08. The number of hydrogen-bond donors (Lipinski definition) is 1. The molecular weight excluding hydrogens is 440 g/mol. The van der Waals surface area contributed by atoms with E-state index in [-0.39, 0.29) is 28.6 Å². The van der Waals surface area contributed by atoms with Crippen LogP contribution in [0.1, 0.15) is 33.9 Å². The Morgan fingerprint density at radius 1 is 1.17 bits per heavy atom. The van der Waals surface area contributed by atoms with Gasteiger partial charge in [0.2, 0.25) is 10.0 Å². The van der Waals surface area contributed by atoms with Gasteiger partial charge in [-0.2, -0.15) is 4.31 Å². The molecule has 1 aromatic heterocycles. The van der Waals surface area contributed by atoms with Crippen molar-refractivity contribution in [3.63, 3.8) is 0 Å². The number of halogens is 1. The number of sulfonamides is 1. The molecule has 29 heavy (non-hydrogen) atoms. The fourth-order valence-electron chi connectivity index (χ4n) is 2.37. The first-order valence-electron chi connectivity index (χ1n) is 8.55. The van der Waals surface area contributed by atoms with Gasteiger partial charge in [0.05, 0.1) is 20.4 Å². The van der Waals surface area contributed by atoms with Crippen LogP contribution in [0, 0.1) is 0 Å². The zero-order chi connectivity index (χ0) is 21.6. The third kappa shape index (κ3) is 5.63. The van der Waals surface area contributed by atoms with E-state index in [1.807, 2.05) is 0 Å². The van der Waals surface area contributed by atoms with Crippen molar-refractivity contribution in [1.82, 2.24) is 9.62 Å². The molecule has 0 aliphatic rings. The molecule has 1 heterocycles. The first-order chi connectivity index (χ1) is 13.7. The topological polar surface area (TPSA) is 110 Å². The molecule has 0 saturated heterocycles. The molecule has 8 nitrogen and oxygen atoms in total. The molecule has 0 aliphatic carbocycles. The van der Waals surface area contributed by atoms with Crippen LogP contribution < -0.4 is 5.32 Å². The van der Waals surface area contributed by atoms with Crippen LogP contribution in [0.5, 0.6) is 0 Å². The highest BCUT2D eigenvalue weighted by Gasteiger charge is 2.24. The van der Waals surface area contributed by atoms with Gasteiger partial charge in [-0.25, -0.2) is 13.2 Å². The first kappa shape index (κ1) is 23.0. The quantitative estimate of drug-likeness (QED) is 0.609. The molecule has 0 aliphatic heterocycles. The molecular formula is C18H19ClN2O6S2. The second-order valence-electron chi connectivity index (χ2n) is 5.66. The lowest BCUT2D eigenvalue weighted by Gasteiger charge is -2.19. The van der Waals surface area contributed by atoms with Crippen LogP contribution >= 0.6 is 22.9 Å². The molecule has 2 aromatic rings. The van der Waals surface area contributed by atoms with Crippen molar-refractivity contribution in [2.45, 2.75) is 18.7 Å². The molecule has 0 spiro atoms. The first-order valence-corrected chi connectivity index (χ1v) is 11.2. The third-order valence-electron chi connectivity index (χ3n) is 3.83. The number of rotatable bonds is 8. The van der Waals surface area contributed by atoms with Crippen LogP contribution in [0.3, 0.4) is 0 Å². The summed E-state index contributed by atoms with van der Waals surface area (Å²) in [5, 5.41) is 3.75. The van der Waals surface area contributed by atoms with Crippen LogP contribution in [0.4, 0.5) is 0 Å². The van der Waals surface area contributed by atoms with Gasteiger partial charge in [0.15, 0.2) is 6.61 Å². The van der Waals surface area contributed by atoms with Gasteiger partial charge in [-0.15, -0.1) is 11.3 Å². The van der Waals surface area contributed by atoms with Gasteiger partial charge >= 0.3 is 5.97 Å². The minimum atomic E-state index is -3.80. The smallest absolute Gasteiger partial charge is 0.340 e. The molecule has 0 unspecified atom stereocenters. The number of nitrogens with zero attached hydrogens (tertiary/aromatic N) is 1. The molecule has 156 valence electrons. The van der Waals surface area contributed by atoms with Crippen molar-refractivity contribution in [1.29, 1.82) is 0 Å². The number of nitrogens with one attached hydrogen (secondary N) is 1. The Hall–Kier alpha value is -2.27. The van der Waals surface area contributed by atoms with E-state index < -0.39 is 34.4 Å². The summed E-state index contributed by atoms with van der Waals surface area (Å²) >= 11 is 7.15. The van der Waals surface area contributed by atoms with E-state index in [2.05, 4.69) is 5.32 Å². The van der Waals surface area contributed by atoms with Crippen molar-refractivity contribution >= 4 is 50.7 Å². The summed E-state index contributed by atoms with van der Waals surface area (Å²) in [6, 6.07) is 6.87. The van der Waals surface area contributed by atoms with Gasteiger partial charge in [0, 0.05) is 13.1 Å². The minimum absolute atomic E-state index is 0.0245. The fourth-order valence-corrected chi connectivity index (χ4v) is 4.67. The summed E-state index contributed by atoms with van der Waals surface area (Å²) in [6.45, 7) is 3.20. The van der Waals surface area contributed by atoms with E-state index in [0.717, 1.165) is 17.4 Å². The van der Waals surface area contributed by atoms with Gasteiger partial charge in [0.25, 0.3) is 11.8 Å². The largest absolute Gasteiger partial charge is 0.452 e. The standard InChI is InChI=1S/C18H19ClN2O6S2/c1-3-21(4-2)29(25,26)12-7-8-14(19)13(10-12)18(24)27-11-16(22)20-17(23)15-6-5-9-28-15/h5-10H,3-4,11H2,1-2H3,(H,20,22,23). The number of hydrogen-bond acceptors (Lipinski definition) is 7. The number of thiophene rings is 1. The Kier molecular flexibility index (Phi) is 7.91. The molecule has 0 bridgehead atoms. The second kappa shape index (κ2) is 9.97. The highest BCUT2D eigenvalue weighted by atomic mass is 35.5. The Bertz CT molecular complexity index is 1000. The van der Waals surface area contributed by atoms with Crippen molar-refractivity contribution in [2.24, 2.45) is 0 Å². The average Bonchev–Trinajstić information content (AvgIpc) is 3.22. The van der Waals surface area contributed by atoms with E-state index >= 15 is 0 Å². The molecule has 0 fully saturated rings. The zero-order valence-electron chi connectivity index (χ0n) is 15.7. The molecule has 2 amide bonds. The van der Waals surface area contributed by atoms with E-state index in [9.17, 15) is 22.8 Å². The Morgan fingerprint density at radius 3 is 2.45 bits per heavy atom. The Balaban J connectivity index is 2.09. The predicted octanol–water partition coefficient (Wildman–Crippen LogP) is 2.55. The molecule has 11 heteroatoms. The molecule has 2 rings (SSSR count). The molecule has 1 aromatic carbocycles. The van der Waals surface area contributed by atoms with Gasteiger partial charge in [-0.05, 0) is 29.6 Å². The van der Waals surface area contributed by atoms with Crippen LogP contribution in [-0.2, 0) is 19.6 Å². The monoisotopic (exact) mass is 458 g/mol. The predicted molar refractivity (Wildman–Crippen MR) is 109 cm³/mol. The lowest BCUT2D eigenvalue weighted by Crippen LogP contribution is -2.33. The van der Waals surface area contributed by atoms with Crippen LogP contribution in [0.2, 0.25) is 5.02 Å². The summed E-state index contributed by atoms with van der Waals surface area (Å²) in [4.78, 5) is 36.1. The summed E-state index contributed by atoms with van der Waals surface area (Å²) in [7, 11) is -3.80. The SMILES string of the molecule is CCN(CC)S(=O)(=O)c1ccc(Cl)c(C(=O)OCC(=O)NC(=O)c2cccs2)c1. The van der Waals surface area contributed by atoms with Gasteiger partial charge in [-0.1, -0.05) is 31.5 Å². The van der Waals surface area contributed by atoms with Crippen LogP contribution in [0.25, 0.3) is 0 Å². The maximum atomic E-state index is 12.6. The molecule has 0 saturated carbocycles. The fraction of sp³-hybridized carbons (Fsp3) is 0.278. The van der Waals surface area contributed by atoms with Gasteiger partial charge in [-0.3, -0.25) is 14.9 Å². The van der Waals surface area contributed by atoms with E-state index in [4.69, 9.17) is 16.3 Å². The molecule has 1 N–H and O–H groups in total. The number of imide groups is 1. The number of ether oxygens (including phenoxy) is 1. The van der Waals surface area contributed by atoms with Crippen molar-refractivity contribution in [2.75, 3.05) is 19.7 Å². The number of carbonyl (C=O) groups is 3.